The maximum absolute atomic E-state index is 12.3. The maximum Gasteiger partial charge on any atom is 0.259 e. The van der Waals surface area contributed by atoms with E-state index in [-0.39, 0.29) is 16.7 Å². The van der Waals surface area contributed by atoms with Crippen molar-refractivity contribution in [1.29, 1.82) is 0 Å². The Labute approximate surface area is 160 Å². The van der Waals surface area contributed by atoms with Gasteiger partial charge in [-0.3, -0.25) is 9.59 Å². The van der Waals surface area contributed by atoms with Crippen molar-refractivity contribution in [1.82, 2.24) is 9.97 Å². The minimum absolute atomic E-state index is 0.0647. The van der Waals surface area contributed by atoms with Gasteiger partial charge >= 0.3 is 0 Å². The quantitative estimate of drug-likeness (QED) is 0.689. The number of fused-ring (bicyclic) bond motifs is 1. The van der Waals surface area contributed by atoms with Crippen molar-refractivity contribution in [2.45, 2.75) is 38.7 Å². The van der Waals surface area contributed by atoms with Crippen molar-refractivity contribution in [3.63, 3.8) is 0 Å². The number of thioether (sulfide) groups is 1. The van der Waals surface area contributed by atoms with Crippen LogP contribution >= 0.6 is 23.1 Å². The summed E-state index contributed by atoms with van der Waals surface area (Å²) in [6.07, 6.45) is 0. The summed E-state index contributed by atoms with van der Waals surface area (Å²) in [4.78, 5) is 33.9. The van der Waals surface area contributed by atoms with Crippen LogP contribution in [0.1, 0.15) is 28.8 Å². The number of amides is 1. The van der Waals surface area contributed by atoms with Crippen LogP contribution in [0.15, 0.2) is 29.1 Å². The van der Waals surface area contributed by atoms with Gasteiger partial charge in [0.2, 0.25) is 5.91 Å². The largest absolute Gasteiger partial charge is 0.325 e. The summed E-state index contributed by atoms with van der Waals surface area (Å²) in [6, 6.07) is 7.70. The minimum Gasteiger partial charge on any atom is -0.325 e. The second kappa shape index (κ2) is 7.63. The van der Waals surface area contributed by atoms with Crippen LogP contribution in [-0.4, -0.2) is 21.1 Å². The molecule has 26 heavy (non-hydrogen) atoms. The number of thiophene rings is 1. The van der Waals surface area contributed by atoms with Crippen LogP contribution < -0.4 is 10.9 Å². The molecule has 1 aromatic carbocycles. The number of carbonyl (C=O) groups excluding carboxylic acids is 1. The van der Waals surface area contributed by atoms with Crippen LogP contribution in [0.4, 0.5) is 5.69 Å². The number of rotatable bonds is 5. The summed E-state index contributed by atoms with van der Waals surface area (Å²) < 4.78 is 0. The molecule has 0 saturated heterocycles. The molecule has 1 atom stereocenters. The third-order valence-electron chi connectivity index (χ3n) is 4.25. The first-order chi connectivity index (χ1) is 12.3. The van der Waals surface area contributed by atoms with Gasteiger partial charge in [-0.2, -0.15) is 0 Å². The molecule has 2 aromatic heterocycles. The number of aryl methyl sites for hydroxylation is 3. The van der Waals surface area contributed by atoms with Crippen molar-refractivity contribution in [2.24, 2.45) is 0 Å². The average molecular weight is 388 g/mol. The van der Waals surface area contributed by atoms with Crippen LogP contribution in [0.5, 0.6) is 0 Å². The van der Waals surface area contributed by atoms with E-state index in [1.807, 2.05) is 52.0 Å². The Morgan fingerprint density at radius 1 is 1.27 bits per heavy atom. The van der Waals surface area contributed by atoms with E-state index in [1.165, 1.54) is 23.1 Å². The normalized spacial score (nSPS) is 12.3. The van der Waals surface area contributed by atoms with Gasteiger partial charge in [0.1, 0.15) is 10.7 Å². The highest BCUT2D eigenvalue weighted by atomic mass is 32.2. The molecule has 7 heteroatoms. The molecule has 3 aromatic rings. The van der Waals surface area contributed by atoms with Crippen molar-refractivity contribution in [3.05, 3.63) is 56.4 Å². The van der Waals surface area contributed by atoms with E-state index in [0.717, 1.165) is 26.5 Å². The molecule has 0 bridgehead atoms. The Morgan fingerprint density at radius 2 is 1.96 bits per heavy atom. The summed E-state index contributed by atoms with van der Waals surface area (Å²) >= 11 is 2.98. The molecule has 0 radical (unpaired) electrons. The lowest BCUT2D eigenvalue weighted by Crippen LogP contribution is -2.23. The zero-order valence-electron chi connectivity index (χ0n) is 15.2. The molecule has 2 N–H and O–H groups in total. The predicted octanol–water partition coefficient (Wildman–Crippen LogP) is 4.17. The Hall–Kier alpha value is -2.12. The third-order valence-corrected chi connectivity index (χ3v) is 6.50. The highest BCUT2D eigenvalue weighted by Crippen LogP contribution is 2.26. The molecule has 0 saturated carbocycles. The molecule has 0 fully saturated rings. The predicted molar refractivity (Wildman–Crippen MR) is 110 cm³/mol. The monoisotopic (exact) mass is 387 g/mol. The number of nitrogens with one attached hydrogen (secondary N) is 2. The molecule has 136 valence electrons. The third kappa shape index (κ3) is 3.99. The number of aromatic nitrogens is 2. The minimum atomic E-state index is -0.260. The highest BCUT2D eigenvalue weighted by Gasteiger charge is 2.16. The number of carbonyl (C=O) groups is 1. The summed E-state index contributed by atoms with van der Waals surface area (Å²) in [5.74, 6) is 1.01. The molecular weight excluding hydrogens is 366 g/mol. The fourth-order valence-electron chi connectivity index (χ4n) is 2.53. The number of nitrogens with zero attached hydrogens (tertiary/aromatic N) is 1. The fourth-order valence-corrected chi connectivity index (χ4v) is 4.33. The fraction of sp³-hybridized carbons (Fsp3) is 0.316. The van der Waals surface area contributed by atoms with E-state index in [9.17, 15) is 9.59 Å². The summed E-state index contributed by atoms with van der Waals surface area (Å²) in [6.45, 7) is 7.79. The molecule has 5 nitrogen and oxygen atoms in total. The molecule has 1 amide bonds. The highest BCUT2D eigenvalue weighted by molar-refractivity contribution is 7.99. The van der Waals surface area contributed by atoms with Gasteiger partial charge in [0.05, 0.1) is 16.4 Å². The second-order valence-corrected chi connectivity index (χ2v) is 8.82. The van der Waals surface area contributed by atoms with Gasteiger partial charge in [-0.05, 0) is 45.4 Å². The van der Waals surface area contributed by atoms with Crippen LogP contribution in [0.2, 0.25) is 0 Å². The summed E-state index contributed by atoms with van der Waals surface area (Å²) in [5, 5.41) is 3.32. The van der Waals surface area contributed by atoms with E-state index >= 15 is 0 Å². The zero-order chi connectivity index (χ0) is 18.8. The van der Waals surface area contributed by atoms with Gasteiger partial charge in [-0.25, -0.2) is 4.98 Å². The first-order valence-electron chi connectivity index (χ1n) is 8.33. The Kier molecular flexibility index (Phi) is 5.48. The lowest BCUT2D eigenvalue weighted by atomic mass is 10.2. The van der Waals surface area contributed by atoms with Gasteiger partial charge < -0.3 is 10.3 Å². The van der Waals surface area contributed by atoms with Gasteiger partial charge in [-0.15, -0.1) is 23.1 Å². The molecule has 0 aliphatic carbocycles. The second-order valence-electron chi connectivity index (χ2n) is 6.28. The zero-order valence-corrected chi connectivity index (χ0v) is 16.8. The lowest BCUT2D eigenvalue weighted by Gasteiger charge is -2.12. The number of hydrogen-bond acceptors (Lipinski definition) is 5. The molecule has 0 spiro atoms. The Morgan fingerprint density at radius 3 is 2.65 bits per heavy atom. The SMILES string of the molecule is Cc1ccc(NC(=O)[C@@H](C)SCc2nc3sc(C)c(C)c3c(=O)[nH]2)cc1. The Bertz CT molecular complexity index is 1010. The van der Waals surface area contributed by atoms with Crippen molar-refractivity contribution in [2.75, 3.05) is 5.32 Å². The van der Waals surface area contributed by atoms with Gasteiger partial charge in [0.25, 0.3) is 5.56 Å². The van der Waals surface area contributed by atoms with Crippen molar-refractivity contribution in [3.8, 4) is 0 Å². The number of benzene rings is 1. The van der Waals surface area contributed by atoms with Gasteiger partial charge in [0, 0.05) is 10.6 Å². The first kappa shape index (κ1) is 18.7. The van der Waals surface area contributed by atoms with E-state index in [2.05, 4.69) is 15.3 Å². The molecule has 0 aliphatic heterocycles. The standard InChI is InChI=1S/C19H21N3O2S2/c1-10-5-7-14(8-6-10)20-17(23)13(4)25-9-15-21-18(24)16-11(2)12(3)26-19(16)22-15/h5-8,13H,9H2,1-4H3,(H,20,23)(H,21,22,24)/t13-/m1/s1. The van der Waals surface area contributed by atoms with E-state index in [0.29, 0.717) is 17.0 Å². The van der Waals surface area contributed by atoms with E-state index in [4.69, 9.17) is 0 Å². The maximum atomic E-state index is 12.3. The first-order valence-corrected chi connectivity index (χ1v) is 10.2. The lowest BCUT2D eigenvalue weighted by molar-refractivity contribution is -0.115. The molecular formula is C19H21N3O2S2. The molecule has 2 heterocycles. The van der Waals surface area contributed by atoms with Crippen molar-refractivity contribution < 1.29 is 4.79 Å². The summed E-state index contributed by atoms with van der Waals surface area (Å²) in [7, 11) is 0. The Balaban J connectivity index is 1.66. The molecule has 3 rings (SSSR count). The van der Waals surface area contributed by atoms with Gasteiger partial charge in [0.15, 0.2) is 0 Å². The smallest absolute Gasteiger partial charge is 0.259 e. The average Bonchev–Trinajstić information content (AvgIpc) is 2.89. The van der Waals surface area contributed by atoms with Crippen LogP contribution in [-0.2, 0) is 10.5 Å². The van der Waals surface area contributed by atoms with Crippen LogP contribution in [0, 0.1) is 20.8 Å². The number of anilines is 1. The number of hydrogen-bond donors (Lipinski definition) is 2. The summed E-state index contributed by atoms with van der Waals surface area (Å²) in [5.41, 5.74) is 2.81. The van der Waals surface area contributed by atoms with Crippen LogP contribution in [0.25, 0.3) is 10.2 Å². The number of aromatic amines is 1. The molecule has 0 aliphatic rings. The van der Waals surface area contributed by atoms with Gasteiger partial charge in [-0.1, -0.05) is 17.7 Å². The van der Waals surface area contributed by atoms with Crippen LogP contribution in [0.3, 0.4) is 0 Å². The van der Waals surface area contributed by atoms with E-state index in [1.54, 1.807) is 0 Å². The molecule has 0 unspecified atom stereocenters. The number of H-pyrrole nitrogens is 1. The topological polar surface area (TPSA) is 74.8 Å². The van der Waals surface area contributed by atoms with E-state index < -0.39 is 0 Å². The van der Waals surface area contributed by atoms with Crippen molar-refractivity contribution >= 4 is 44.9 Å².